The molecule has 0 radical (unpaired) electrons. The predicted molar refractivity (Wildman–Crippen MR) is 80.0 cm³/mol. The summed E-state index contributed by atoms with van der Waals surface area (Å²) >= 11 is 0. The number of anilines is 1. The monoisotopic (exact) mass is 282 g/mol. The van der Waals surface area contributed by atoms with Gasteiger partial charge in [0.25, 0.3) is 0 Å². The van der Waals surface area contributed by atoms with Gasteiger partial charge in [-0.3, -0.25) is 4.98 Å². The summed E-state index contributed by atoms with van der Waals surface area (Å²) in [7, 11) is 3.40. The van der Waals surface area contributed by atoms with Gasteiger partial charge in [-0.05, 0) is 13.0 Å². The third-order valence-electron chi connectivity index (χ3n) is 2.86. The molecule has 1 aromatic rings. The first kappa shape index (κ1) is 16.8. The van der Waals surface area contributed by atoms with E-state index in [4.69, 9.17) is 9.47 Å². The van der Waals surface area contributed by atoms with Crippen LogP contribution < -0.4 is 10.2 Å². The number of nitrogens with one attached hydrogen (secondary N) is 1. The van der Waals surface area contributed by atoms with E-state index in [0.29, 0.717) is 13.2 Å². The van der Waals surface area contributed by atoms with Gasteiger partial charge in [0.15, 0.2) is 0 Å². The van der Waals surface area contributed by atoms with Crippen molar-refractivity contribution in [2.45, 2.75) is 19.9 Å². The summed E-state index contributed by atoms with van der Waals surface area (Å²) in [6, 6.07) is 0. The van der Waals surface area contributed by atoms with Crippen molar-refractivity contribution in [1.29, 1.82) is 0 Å². The SMILES string of the molecule is CCCNCc1cncc(N(CCOC)CCOC)n1. The molecule has 0 aliphatic heterocycles. The highest BCUT2D eigenvalue weighted by Gasteiger charge is 2.09. The molecule has 114 valence electrons. The molecule has 0 atom stereocenters. The van der Waals surface area contributed by atoms with Crippen LogP contribution in [0.15, 0.2) is 12.4 Å². The lowest BCUT2D eigenvalue weighted by atomic mass is 10.4. The summed E-state index contributed by atoms with van der Waals surface area (Å²) in [5.74, 6) is 0.870. The fourth-order valence-corrected chi connectivity index (χ4v) is 1.77. The summed E-state index contributed by atoms with van der Waals surface area (Å²) in [4.78, 5) is 11.0. The van der Waals surface area contributed by atoms with Crippen LogP contribution in [-0.2, 0) is 16.0 Å². The van der Waals surface area contributed by atoms with Crippen LogP contribution in [0.4, 0.5) is 5.82 Å². The van der Waals surface area contributed by atoms with Gasteiger partial charge < -0.3 is 19.7 Å². The van der Waals surface area contributed by atoms with Gasteiger partial charge in [0, 0.05) is 40.1 Å². The number of ether oxygens (including phenoxy) is 2. The third-order valence-corrected chi connectivity index (χ3v) is 2.86. The molecular weight excluding hydrogens is 256 g/mol. The number of rotatable bonds is 11. The van der Waals surface area contributed by atoms with Crippen LogP contribution in [0.5, 0.6) is 0 Å². The summed E-state index contributed by atoms with van der Waals surface area (Å²) in [6.07, 6.45) is 4.70. The molecule has 6 nitrogen and oxygen atoms in total. The molecule has 1 rings (SSSR count). The molecule has 0 unspecified atom stereocenters. The zero-order valence-electron chi connectivity index (χ0n) is 12.8. The number of nitrogens with zero attached hydrogens (tertiary/aromatic N) is 3. The number of aromatic nitrogens is 2. The number of hydrogen-bond donors (Lipinski definition) is 1. The molecule has 0 saturated carbocycles. The zero-order valence-corrected chi connectivity index (χ0v) is 12.8. The minimum Gasteiger partial charge on any atom is -0.383 e. The van der Waals surface area contributed by atoms with E-state index in [0.717, 1.165) is 44.1 Å². The van der Waals surface area contributed by atoms with Crippen LogP contribution in [-0.4, -0.2) is 57.0 Å². The second-order valence-electron chi connectivity index (χ2n) is 4.52. The maximum atomic E-state index is 5.14. The largest absolute Gasteiger partial charge is 0.383 e. The Kier molecular flexibility index (Phi) is 8.86. The molecule has 0 fully saturated rings. The first-order valence-electron chi connectivity index (χ1n) is 7.06. The fourth-order valence-electron chi connectivity index (χ4n) is 1.77. The highest BCUT2D eigenvalue weighted by Crippen LogP contribution is 2.09. The van der Waals surface area contributed by atoms with Crippen LogP contribution in [0.3, 0.4) is 0 Å². The molecule has 6 heteroatoms. The normalized spacial score (nSPS) is 10.8. The quantitative estimate of drug-likeness (QED) is 0.613. The van der Waals surface area contributed by atoms with E-state index >= 15 is 0 Å². The van der Waals surface area contributed by atoms with E-state index in [2.05, 4.69) is 27.1 Å². The van der Waals surface area contributed by atoms with E-state index < -0.39 is 0 Å². The van der Waals surface area contributed by atoms with Crippen molar-refractivity contribution in [3.63, 3.8) is 0 Å². The lowest BCUT2D eigenvalue weighted by Gasteiger charge is -2.23. The van der Waals surface area contributed by atoms with Crippen LogP contribution in [0.25, 0.3) is 0 Å². The number of hydrogen-bond acceptors (Lipinski definition) is 6. The maximum Gasteiger partial charge on any atom is 0.147 e. The molecule has 1 aromatic heterocycles. The molecule has 0 spiro atoms. The van der Waals surface area contributed by atoms with Gasteiger partial charge in [-0.25, -0.2) is 4.98 Å². The van der Waals surface area contributed by atoms with Crippen LogP contribution in [0.1, 0.15) is 19.0 Å². The second-order valence-corrected chi connectivity index (χ2v) is 4.52. The summed E-state index contributed by atoms with van der Waals surface area (Å²) in [5.41, 5.74) is 0.954. The van der Waals surface area contributed by atoms with Crippen molar-refractivity contribution in [2.24, 2.45) is 0 Å². The molecule has 0 aliphatic carbocycles. The highest BCUT2D eigenvalue weighted by molar-refractivity contribution is 5.36. The zero-order chi connectivity index (χ0) is 14.6. The maximum absolute atomic E-state index is 5.14. The summed E-state index contributed by atoms with van der Waals surface area (Å²) < 4.78 is 10.3. The Morgan fingerprint density at radius 2 is 1.85 bits per heavy atom. The van der Waals surface area contributed by atoms with Gasteiger partial charge in [0.05, 0.1) is 25.1 Å². The smallest absolute Gasteiger partial charge is 0.147 e. The molecular formula is C14H26N4O2. The molecule has 0 amide bonds. The molecule has 0 aromatic carbocycles. The summed E-state index contributed by atoms with van der Waals surface area (Å²) in [5, 5.41) is 3.33. The van der Waals surface area contributed by atoms with E-state index in [9.17, 15) is 0 Å². The molecule has 0 saturated heterocycles. The predicted octanol–water partition coefficient (Wildman–Crippen LogP) is 1.08. The average molecular weight is 282 g/mol. The molecule has 0 aliphatic rings. The first-order chi connectivity index (χ1) is 9.81. The van der Waals surface area contributed by atoms with Gasteiger partial charge in [-0.2, -0.15) is 0 Å². The van der Waals surface area contributed by atoms with Crippen molar-refractivity contribution in [3.8, 4) is 0 Å². The first-order valence-corrected chi connectivity index (χ1v) is 7.06. The van der Waals surface area contributed by atoms with Gasteiger partial charge in [-0.15, -0.1) is 0 Å². The summed E-state index contributed by atoms with van der Waals surface area (Å²) in [6.45, 7) is 6.75. The van der Waals surface area contributed by atoms with Crippen molar-refractivity contribution in [1.82, 2.24) is 15.3 Å². The molecule has 0 bridgehead atoms. The number of methoxy groups -OCH3 is 2. The van der Waals surface area contributed by atoms with Crippen LogP contribution >= 0.6 is 0 Å². The van der Waals surface area contributed by atoms with Crippen LogP contribution in [0, 0.1) is 0 Å². The molecule has 1 N–H and O–H groups in total. The highest BCUT2D eigenvalue weighted by atomic mass is 16.5. The molecule has 20 heavy (non-hydrogen) atoms. The Hall–Kier alpha value is -1.24. The van der Waals surface area contributed by atoms with E-state index in [1.165, 1.54) is 0 Å². The lowest BCUT2D eigenvalue weighted by molar-refractivity contribution is 0.190. The molecule has 1 heterocycles. The fraction of sp³-hybridized carbons (Fsp3) is 0.714. The van der Waals surface area contributed by atoms with E-state index in [1.807, 2.05) is 0 Å². The van der Waals surface area contributed by atoms with Crippen molar-refractivity contribution >= 4 is 5.82 Å². The minimum absolute atomic E-state index is 0.656. The van der Waals surface area contributed by atoms with Gasteiger partial charge in [0.2, 0.25) is 0 Å². The van der Waals surface area contributed by atoms with Gasteiger partial charge in [0.1, 0.15) is 5.82 Å². The van der Waals surface area contributed by atoms with E-state index in [-0.39, 0.29) is 0 Å². The Balaban J connectivity index is 2.65. The van der Waals surface area contributed by atoms with Gasteiger partial charge in [-0.1, -0.05) is 6.92 Å². The minimum atomic E-state index is 0.656. The van der Waals surface area contributed by atoms with Crippen molar-refractivity contribution in [3.05, 3.63) is 18.1 Å². The Labute approximate surface area is 121 Å². The Bertz CT molecular complexity index is 355. The second kappa shape index (κ2) is 10.5. The average Bonchev–Trinajstić information content (AvgIpc) is 2.48. The Morgan fingerprint density at radius 3 is 2.45 bits per heavy atom. The van der Waals surface area contributed by atoms with Crippen molar-refractivity contribution in [2.75, 3.05) is 52.0 Å². The van der Waals surface area contributed by atoms with Crippen LogP contribution in [0.2, 0.25) is 0 Å². The third kappa shape index (κ3) is 6.27. The topological polar surface area (TPSA) is 59.5 Å². The van der Waals surface area contributed by atoms with E-state index in [1.54, 1.807) is 26.6 Å². The standard InChI is InChI=1S/C14H26N4O2/c1-4-5-15-10-13-11-16-12-14(17-13)18(6-8-19-2)7-9-20-3/h11-12,15H,4-10H2,1-3H3. The lowest BCUT2D eigenvalue weighted by Crippen LogP contribution is -2.31. The van der Waals surface area contributed by atoms with Gasteiger partial charge >= 0.3 is 0 Å². The van der Waals surface area contributed by atoms with Crippen molar-refractivity contribution < 1.29 is 9.47 Å². The Morgan fingerprint density at radius 1 is 1.15 bits per heavy atom.